The molecule has 0 spiro atoms. The molecular weight excluding hydrogens is 190 g/mol. The first-order valence-corrected chi connectivity index (χ1v) is 5.28. The number of hydrogen-bond donors (Lipinski definition) is 3. The van der Waals surface area contributed by atoms with Crippen LogP contribution >= 0.6 is 0 Å². The van der Waals surface area contributed by atoms with E-state index in [0.717, 1.165) is 17.5 Å². The van der Waals surface area contributed by atoms with Gasteiger partial charge in [0.2, 0.25) is 0 Å². The lowest BCUT2D eigenvalue weighted by Crippen LogP contribution is -2.06. The summed E-state index contributed by atoms with van der Waals surface area (Å²) in [5.74, 6) is 0.390. The maximum Gasteiger partial charge on any atom is 0.102 e. The molecule has 3 heteroatoms. The highest BCUT2D eigenvalue weighted by Crippen LogP contribution is 2.22. The van der Waals surface area contributed by atoms with Crippen molar-refractivity contribution in [3.63, 3.8) is 0 Å². The van der Waals surface area contributed by atoms with E-state index in [-0.39, 0.29) is 6.61 Å². The minimum absolute atomic E-state index is 0.241. The quantitative estimate of drug-likeness (QED) is 0.682. The van der Waals surface area contributed by atoms with Crippen molar-refractivity contribution in [2.24, 2.45) is 5.73 Å². The third-order valence-corrected chi connectivity index (χ3v) is 2.64. The van der Waals surface area contributed by atoms with Crippen LogP contribution in [0.5, 0.6) is 0 Å². The van der Waals surface area contributed by atoms with Gasteiger partial charge in [-0.2, -0.15) is 0 Å². The average Bonchev–Trinajstić information content (AvgIpc) is 2.28. The summed E-state index contributed by atoms with van der Waals surface area (Å²) < 4.78 is 0. The second kappa shape index (κ2) is 5.85. The van der Waals surface area contributed by atoms with E-state index in [1.54, 1.807) is 0 Å². The molecule has 84 valence electrons. The molecule has 0 amide bonds. The summed E-state index contributed by atoms with van der Waals surface area (Å²) in [4.78, 5) is 0. The summed E-state index contributed by atoms with van der Waals surface area (Å²) in [5, 5.41) is 18.3. The zero-order valence-corrected chi connectivity index (χ0v) is 9.06. The molecule has 2 atom stereocenters. The molecule has 15 heavy (non-hydrogen) atoms. The third-order valence-electron chi connectivity index (χ3n) is 2.64. The Morgan fingerprint density at radius 3 is 2.60 bits per heavy atom. The van der Waals surface area contributed by atoms with Gasteiger partial charge < -0.3 is 15.9 Å². The van der Waals surface area contributed by atoms with E-state index < -0.39 is 6.10 Å². The highest BCUT2D eigenvalue weighted by Gasteiger charge is 2.09. The van der Waals surface area contributed by atoms with Crippen LogP contribution in [0.25, 0.3) is 0 Å². The Morgan fingerprint density at radius 2 is 2.00 bits per heavy atom. The molecule has 0 aromatic heterocycles. The van der Waals surface area contributed by atoms with Crippen molar-refractivity contribution in [2.75, 3.05) is 13.2 Å². The summed E-state index contributed by atoms with van der Waals surface area (Å²) in [7, 11) is 0. The number of benzene rings is 1. The number of hydrogen-bond acceptors (Lipinski definition) is 3. The predicted molar refractivity (Wildman–Crippen MR) is 60.6 cm³/mol. The number of rotatable bonds is 5. The molecule has 0 heterocycles. The van der Waals surface area contributed by atoms with Crippen molar-refractivity contribution in [2.45, 2.75) is 25.4 Å². The Bertz CT molecular complexity index is 301. The van der Waals surface area contributed by atoms with Crippen LogP contribution in [-0.2, 0) is 0 Å². The van der Waals surface area contributed by atoms with E-state index in [1.165, 1.54) is 0 Å². The van der Waals surface area contributed by atoms with Gasteiger partial charge in [0.05, 0.1) is 6.61 Å². The first kappa shape index (κ1) is 12.2. The molecule has 0 aliphatic heterocycles. The molecule has 0 aliphatic rings. The van der Waals surface area contributed by atoms with Crippen LogP contribution in [-0.4, -0.2) is 23.4 Å². The summed E-state index contributed by atoms with van der Waals surface area (Å²) in [6, 6.07) is 7.67. The van der Waals surface area contributed by atoms with Gasteiger partial charge in [-0.25, -0.2) is 0 Å². The van der Waals surface area contributed by atoms with E-state index in [2.05, 4.69) is 6.92 Å². The van der Waals surface area contributed by atoms with E-state index in [0.29, 0.717) is 12.5 Å². The second-order valence-electron chi connectivity index (χ2n) is 3.85. The monoisotopic (exact) mass is 209 g/mol. The fraction of sp³-hybridized carbons (Fsp3) is 0.500. The topological polar surface area (TPSA) is 66.5 Å². The van der Waals surface area contributed by atoms with Gasteiger partial charge in [0.25, 0.3) is 0 Å². The molecule has 4 N–H and O–H groups in total. The second-order valence-corrected chi connectivity index (χ2v) is 3.85. The maximum atomic E-state index is 9.49. The lowest BCUT2D eigenvalue weighted by atomic mass is 9.95. The zero-order valence-electron chi connectivity index (χ0n) is 9.06. The molecular formula is C12H19NO2. The molecule has 0 radical (unpaired) electrons. The minimum Gasteiger partial charge on any atom is -0.393 e. The predicted octanol–water partition coefficient (Wildman–Crippen LogP) is 1.16. The fourth-order valence-corrected chi connectivity index (χ4v) is 1.59. The van der Waals surface area contributed by atoms with Gasteiger partial charge in [-0.1, -0.05) is 31.2 Å². The van der Waals surface area contributed by atoms with E-state index in [1.807, 2.05) is 24.3 Å². The minimum atomic E-state index is -0.782. The summed E-state index contributed by atoms with van der Waals surface area (Å²) in [6.45, 7) is 2.53. The lowest BCUT2D eigenvalue weighted by Gasteiger charge is -2.14. The smallest absolute Gasteiger partial charge is 0.102 e. The van der Waals surface area contributed by atoms with Crippen LogP contribution in [0, 0.1) is 0 Å². The number of aliphatic hydroxyl groups excluding tert-OH is 2. The Morgan fingerprint density at radius 1 is 1.33 bits per heavy atom. The van der Waals surface area contributed by atoms with E-state index >= 15 is 0 Å². The first-order valence-electron chi connectivity index (χ1n) is 5.28. The Kier molecular flexibility index (Phi) is 4.75. The van der Waals surface area contributed by atoms with Crippen LogP contribution in [0.15, 0.2) is 24.3 Å². The van der Waals surface area contributed by atoms with Crippen molar-refractivity contribution in [3.05, 3.63) is 35.4 Å². The number of aliphatic hydroxyl groups is 2. The fourth-order valence-electron chi connectivity index (χ4n) is 1.59. The summed E-state index contributed by atoms with van der Waals surface area (Å²) in [5.41, 5.74) is 7.42. The SMILES string of the molecule is CC(CCN)c1cccc(C(O)CO)c1. The molecule has 0 bridgehead atoms. The van der Waals surface area contributed by atoms with Crippen molar-refractivity contribution in [3.8, 4) is 0 Å². The first-order chi connectivity index (χ1) is 7.19. The highest BCUT2D eigenvalue weighted by molar-refractivity contribution is 5.27. The molecule has 1 aromatic carbocycles. The van der Waals surface area contributed by atoms with Crippen molar-refractivity contribution >= 4 is 0 Å². The summed E-state index contributed by atoms with van der Waals surface area (Å²) in [6.07, 6.45) is 0.147. The molecule has 1 aromatic rings. The standard InChI is InChI=1S/C12H19NO2/c1-9(5-6-13)10-3-2-4-11(7-10)12(15)8-14/h2-4,7,9,12,14-15H,5-6,8,13H2,1H3. The molecule has 0 aliphatic carbocycles. The van der Waals surface area contributed by atoms with Crippen molar-refractivity contribution in [1.29, 1.82) is 0 Å². The van der Waals surface area contributed by atoms with Crippen LogP contribution in [0.3, 0.4) is 0 Å². The largest absolute Gasteiger partial charge is 0.393 e. The van der Waals surface area contributed by atoms with Crippen molar-refractivity contribution in [1.82, 2.24) is 0 Å². The average molecular weight is 209 g/mol. The van der Waals surface area contributed by atoms with Crippen LogP contribution in [0.2, 0.25) is 0 Å². The van der Waals surface area contributed by atoms with E-state index in [4.69, 9.17) is 10.8 Å². The van der Waals surface area contributed by atoms with Crippen molar-refractivity contribution < 1.29 is 10.2 Å². The highest BCUT2D eigenvalue weighted by atomic mass is 16.3. The molecule has 2 unspecified atom stereocenters. The van der Waals surface area contributed by atoms with Crippen LogP contribution < -0.4 is 5.73 Å². The van der Waals surface area contributed by atoms with E-state index in [9.17, 15) is 5.11 Å². The van der Waals surface area contributed by atoms with Gasteiger partial charge in [0.1, 0.15) is 6.10 Å². The molecule has 1 rings (SSSR count). The Balaban J connectivity index is 2.82. The van der Waals surface area contributed by atoms with Gasteiger partial charge in [-0.15, -0.1) is 0 Å². The molecule has 0 fully saturated rings. The van der Waals surface area contributed by atoms with Gasteiger partial charge in [-0.05, 0) is 30.0 Å². The van der Waals surface area contributed by atoms with Gasteiger partial charge in [-0.3, -0.25) is 0 Å². The van der Waals surface area contributed by atoms with Crippen LogP contribution in [0.1, 0.15) is 36.5 Å². The Hall–Kier alpha value is -0.900. The molecule has 0 saturated heterocycles. The van der Waals surface area contributed by atoms with Gasteiger partial charge >= 0.3 is 0 Å². The Labute approximate surface area is 90.5 Å². The van der Waals surface area contributed by atoms with Gasteiger partial charge in [0.15, 0.2) is 0 Å². The number of nitrogens with two attached hydrogens (primary N) is 1. The van der Waals surface area contributed by atoms with Gasteiger partial charge in [0, 0.05) is 0 Å². The molecule has 3 nitrogen and oxygen atoms in total. The maximum absolute atomic E-state index is 9.49. The summed E-state index contributed by atoms with van der Waals surface area (Å²) >= 11 is 0. The van der Waals surface area contributed by atoms with Crippen LogP contribution in [0.4, 0.5) is 0 Å². The molecule has 0 saturated carbocycles. The zero-order chi connectivity index (χ0) is 11.3. The lowest BCUT2D eigenvalue weighted by molar-refractivity contribution is 0.0955. The normalized spacial score (nSPS) is 14.9. The third kappa shape index (κ3) is 3.30.